The lowest BCUT2D eigenvalue weighted by Gasteiger charge is -2.56. The molecule has 0 aliphatic heterocycles. The Morgan fingerprint density at radius 1 is 0.867 bits per heavy atom. The van der Waals surface area contributed by atoms with Crippen LogP contribution in [0, 0.1) is 46.3 Å². The van der Waals surface area contributed by atoms with E-state index in [1.54, 1.807) is 0 Å². The largest absolute Gasteiger partial charge is 0.198 e. The van der Waals surface area contributed by atoms with Gasteiger partial charge in [0.25, 0.3) is 0 Å². The van der Waals surface area contributed by atoms with Crippen molar-refractivity contribution in [3.8, 4) is 6.07 Å². The van der Waals surface area contributed by atoms with Crippen molar-refractivity contribution in [2.45, 2.75) is 44.9 Å². The van der Waals surface area contributed by atoms with Crippen LogP contribution in [0.4, 0.5) is 0 Å². The van der Waals surface area contributed by atoms with Gasteiger partial charge in [-0.15, -0.1) is 0 Å². The van der Waals surface area contributed by atoms with Gasteiger partial charge in [-0.3, -0.25) is 0 Å². The molecule has 0 unspecified atom stereocenters. The lowest BCUT2D eigenvalue weighted by Crippen LogP contribution is -2.48. The van der Waals surface area contributed by atoms with Crippen LogP contribution in [0.5, 0.6) is 0 Å². The summed E-state index contributed by atoms with van der Waals surface area (Å²) in [6, 6.07) is 2.68. The second-order valence-corrected chi connectivity index (χ2v) is 6.72. The topological polar surface area (TPSA) is 23.8 Å². The molecule has 5 fully saturated rings. The van der Waals surface area contributed by atoms with Crippen LogP contribution in [0.1, 0.15) is 44.9 Å². The van der Waals surface area contributed by atoms with E-state index in [9.17, 15) is 5.26 Å². The molecule has 15 heavy (non-hydrogen) atoms. The lowest BCUT2D eigenvalue weighted by atomic mass is 9.49. The van der Waals surface area contributed by atoms with Gasteiger partial charge in [0.15, 0.2) is 0 Å². The van der Waals surface area contributed by atoms with Crippen molar-refractivity contribution in [2.75, 3.05) is 0 Å². The SMILES string of the molecule is N#CC1(C2C3CC4CC(C3)CC2C4)CC1. The third-order valence-corrected chi connectivity index (χ3v) is 5.88. The Morgan fingerprint density at radius 3 is 1.80 bits per heavy atom. The van der Waals surface area contributed by atoms with Crippen LogP contribution in [-0.2, 0) is 0 Å². The molecule has 0 amide bonds. The average molecular weight is 201 g/mol. The van der Waals surface area contributed by atoms with Crippen LogP contribution in [0.3, 0.4) is 0 Å². The Kier molecular flexibility index (Phi) is 1.49. The predicted octanol–water partition coefficient (Wildman–Crippen LogP) is 3.36. The van der Waals surface area contributed by atoms with Crippen molar-refractivity contribution < 1.29 is 0 Å². The van der Waals surface area contributed by atoms with Gasteiger partial charge >= 0.3 is 0 Å². The first-order chi connectivity index (χ1) is 7.31. The number of rotatable bonds is 1. The van der Waals surface area contributed by atoms with Gasteiger partial charge in [-0.25, -0.2) is 0 Å². The maximum absolute atomic E-state index is 9.39. The minimum absolute atomic E-state index is 0.169. The van der Waals surface area contributed by atoms with E-state index < -0.39 is 0 Å². The maximum Gasteiger partial charge on any atom is 0.0692 e. The zero-order valence-electron chi connectivity index (χ0n) is 9.28. The van der Waals surface area contributed by atoms with E-state index >= 15 is 0 Å². The van der Waals surface area contributed by atoms with E-state index in [0.29, 0.717) is 0 Å². The fourth-order valence-electron chi connectivity index (χ4n) is 5.48. The van der Waals surface area contributed by atoms with Crippen molar-refractivity contribution in [2.24, 2.45) is 35.0 Å². The summed E-state index contributed by atoms with van der Waals surface area (Å²) in [4.78, 5) is 0. The quantitative estimate of drug-likeness (QED) is 0.638. The monoisotopic (exact) mass is 201 g/mol. The standard InChI is InChI=1S/C14H19N/c15-8-14(1-2-14)13-11-4-9-3-10(6-11)7-12(13)5-9/h9-13H,1-7H2. The van der Waals surface area contributed by atoms with Crippen LogP contribution < -0.4 is 0 Å². The van der Waals surface area contributed by atoms with Crippen LogP contribution in [-0.4, -0.2) is 0 Å². The van der Waals surface area contributed by atoms with Crippen LogP contribution in [0.15, 0.2) is 0 Å². The van der Waals surface area contributed by atoms with Crippen LogP contribution in [0.25, 0.3) is 0 Å². The molecule has 0 radical (unpaired) electrons. The predicted molar refractivity (Wildman–Crippen MR) is 57.8 cm³/mol. The first-order valence-corrected chi connectivity index (χ1v) is 6.72. The summed E-state index contributed by atoms with van der Waals surface area (Å²) in [6.07, 6.45) is 9.86. The second-order valence-electron chi connectivity index (χ2n) is 6.72. The summed E-state index contributed by atoms with van der Waals surface area (Å²) in [5, 5.41) is 9.39. The normalized spacial score (nSPS) is 53.9. The van der Waals surface area contributed by atoms with Gasteiger partial charge in [0.05, 0.1) is 11.5 Å². The van der Waals surface area contributed by atoms with Crippen LogP contribution >= 0.6 is 0 Å². The highest BCUT2D eigenvalue weighted by Gasteiger charge is 2.60. The Morgan fingerprint density at radius 2 is 1.40 bits per heavy atom. The molecule has 5 saturated carbocycles. The third-order valence-electron chi connectivity index (χ3n) is 5.88. The van der Waals surface area contributed by atoms with Crippen molar-refractivity contribution in [3.05, 3.63) is 0 Å². The van der Waals surface area contributed by atoms with E-state index in [2.05, 4.69) is 6.07 Å². The maximum atomic E-state index is 9.39. The molecule has 0 spiro atoms. The zero-order valence-corrected chi connectivity index (χ0v) is 9.28. The molecule has 0 aromatic heterocycles. The van der Waals surface area contributed by atoms with Gasteiger partial charge in [0.1, 0.15) is 0 Å². The summed E-state index contributed by atoms with van der Waals surface area (Å²) >= 11 is 0. The number of hydrogen-bond donors (Lipinski definition) is 0. The van der Waals surface area contributed by atoms with Crippen molar-refractivity contribution in [1.82, 2.24) is 0 Å². The first kappa shape index (κ1) is 8.62. The Balaban J connectivity index is 1.69. The Hall–Kier alpha value is -0.510. The van der Waals surface area contributed by atoms with Crippen molar-refractivity contribution in [1.29, 1.82) is 5.26 Å². The molecule has 5 rings (SSSR count). The van der Waals surface area contributed by atoms with Gasteiger partial charge in [0.2, 0.25) is 0 Å². The number of nitriles is 1. The summed E-state index contributed by atoms with van der Waals surface area (Å²) in [5.74, 6) is 4.82. The third kappa shape index (κ3) is 1.03. The molecule has 0 saturated heterocycles. The second kappa shape index (κ2) is 2.59. The average Bonchev–Trinajstić information content (AvgIpc) is 2.97. The minimum atomic E-state index is 0.169. The van der Waals surface area contributed by atoms with Gasteiger partial charge in [0, 0.05) is 0 Å². The molecule has 4 bridgehead atoms. The minimum Gasteiger partial charge on any atom is -0.198 e. The van der Waals surface area contributed by atoms with Gasteiger partial charge < -0.3 is 0 Å². The summed E-state index contributed by atoms with van der Waals surface area (Å²) < 4.78 is 0. The molecule has 0 N–H and O–H groups in total. The van der Waals surface area contributed by atoms with E-state index in [-0.39, 0.29) is 5.41 Å². The molecule has 5 aliphatic carbocycles. The number of nitrogens with zero attached hydrogens (tertiary/aromatic N) is 1. The van der Waals surface area contributed by atoms with Crippen molar-refractivity contribution >= 4 is 0 Å². The van der Waals surface area contributed by atoms with Crippen molar-refractivity contribution in [3.63, 3.8) is 0 Å². The lowest BCUT2D eigenvalue weighted by molar-refractivity contribution is -0.0576. The Bertz CT molecular complexity index is 306. The molecule has 5 aliphatic rings. The summed E-state index contributed by atoms with van der Waals surface area (Å²) in [5.41, 5.74) is 0.169. The summed E-state index contributed by atoms with van der Waals surface area (Å²) in [6.45, 7) is 0. The molecule has 0 heterocycles. The van der Waals surface area contributed by atoms with E-state index in [0.717, 1.165) is 29.6 Å². The Labute approximate surface area is 91.9 Å². The van der Waals surface area contributed by atoms with E-state index in [1.165, 1.54) is 44.9 Å². The molecular weight excluding hydrogens is 182 g/mol. The molecule has 0 aromatic rings. The highest BCUT2D eigenvalue weighted by atomic mass is 14.6. The van der Waals surface area contributed by atoms with Gasteiger partial charge in [-0.2, -0.15) is 5.26 Å². The van der Waals surface area contributed by atoms with E-state index in [4.69, 9.17) is 0 Å². The molecule has 1 nitrogen and oxygen atoms in total. The highest BCUT2D eigenvalue weighted by Crippen LogP contribution is 2.66. The fourth-order valence-corrected chi connectivity index (χ4v) is 5.48. The van der Waals surface area contributed by atoms with Gasteiger partial charge in [-0.1, -0.05) is 0 Å². The molecular formula is C14H19N. The smallest absolute Gasteiger partial charge is 0.0692 e. The highest BCUT2D eigenvalue weighted by molar-refractivity contribution is 5.18. The molecule has 1 heteroatoms. The molecule has 80 valence electrons. The zero-order chi connectivity index (χ0) is 10.0. The fraction of sp³-hybridized carbons (Fsp3) is 0.929. The van der Waals surface area contributed by atoms with Crippen LogP contribution in [0.2, 0.25) is 0 Å². The molecule has 0 aromatic carbocycles. The summed E-state index contributed by atoms with van der Waals surface area (Å²) in [7, 11) is 0. The first-order valence-electron chi connectivity index (χ1n) is 6.72. The number of hydrogen-bond acceptors (Lipinski definition) is 1. The van der Waals surface area contributed by atoms with Gasteiger partial charge in [-0.05, 0) is 74.5 Å². The van der Waals surface area contributed by atoms with E-state index in [1.807, 2.05) is 0 Å². The molecule has 0 atom stereocenters.